The van der Waals surface area contributed by atoms with Crippen LogP contribution in [-0.4, -0.2) is 16.5 Å². The monoisotopic (exact) mass is 236 g/mol. The molecule has 1 aromatic heterocycles. The van der Waals surface area contributed by atoms with E-state index in [1.165, 1.54) is 5.56 Å². The van der Waals surface area contributed by atoms with Crippen LogP contribution in [0.1, 0.15) is 15.9 Å². The first-order chi connectivity index (χ1) is 8.78. The number of nitrogens with zero attached hydrogens (tertiary/aromatic N) is 1. The Morgan fingerprint density at radius 3 is 2.83 bits per heavy atom. The van der Waals surface area contributed by atoms with E-state index in [0.29, 0.717) is 5.56 Å². The van der Waals surface area contributed by atoms with Crippen molar-refractivity contribution >= 4 is 17.2 Å². The fourth-order valence-electron chi connectivity index (χ4n) is 2.12. The van der Waals surface area contributed by atoms with Crippen molar-refractivity contribution in [3.8, 4) is 11.3 Å². The van der Waals surface area contributed by atoms with E-state index in [9.17, 15) is 4.79 Å². The van der Waals surface area contributed by atoms with Crippen molar-refractivity contribution in [3.63, 3.8) is 0 Å². The quantitative estimate of drug-likeness (QED) is 0.693. The van der Waals surface area contributed by atoms with Crippen molar-refractivity contribution in [1.82, 2.24) is 10.2 Å². The molecule has 3 nitrogen and oxygen atoms in total. The summed E-state index contributed by atoms with van der Waals surface area (Å²) in [5, 5.41) is 8.35. The zero-order valence-corrected chi connectivity index (χ0v) is 9.97. The van der Waals surface area contributed by atoms with Crippen molar-refractivity contribution in [1.29, 1.82) is 0 Å². The first-order valence-electron chi connectivity index (χ1n) is 5.78. The molecule has 0 aliphatic carbocycles. The number of hydrogen-bond acceptors (Lipinski definition) is 2. The maximum absolute atomic E-state index is 10.7. The van der Waals surface area contributed by atoms with Crippen LogP contribution in [0.5, 0.6) is 0 Å². The lowest BCUT2D eigenvalue weighted by molar-refractivity contribution is 0.112. The molecule has 88 valence electrons. The maximum Gasteiger partial charge on any atom is 0.150 e. The van der Waals surface area contributed by atoms with Gasteiger partial charge in [-0.3, -0.25) is 9.89 Å². The average Bonchev–Trinajstić information content (AvgIpc) is 2.81. The zero-order chi connectivity index (χ0) is 12.5. The van der Waals surface area contributed by atoms with Gasteiger partial charge in [0.1, 0.15) is 6.29 Å². The van der Waals surface area contributed by atoms with Crippen molar-refractivity contribution in [3.05, 3.63) is 53.6 Å². The Hall–Kier alpha value is -2.42. The van der Waals surface area contributed by atoms with Gasteiger partial charge in [-0.1, -0.05) is 29.8 Å². The molecule has 1 N–H and O–H groups in total. The second-order valence-electron chi connectivity index (χ2n) is 4.36. The van der Waals surface area contributed by atoms with Gasteiger partial charge in [0, 0.05) is 16.5 Å². The predicted octanol–water partition coefficient (Wildman–Crippen LogP) is 3.35. The summed E-state index contributed by atoms with van der Waals surface area (Å²) in [5.41, 5.74) is 4.75. The van der Waals surface area contributed by atoms with E-state index in [4.69, 9.17) is 0 Å². The van der Waals surface area contributed by atoms with Crippen molar-refractivity contribution in [2.24, 2.45) is 0 Å². The molecule has 3 heteroatoms. The molecule has 0 atom stereocenters. The van der Waals surface area contributed by atoms with E-state index >= 15 is 0 Å². The van der Waals surface area contributed by atoms with Gasteiger partial charge in [0.15, 0.2) is 0 Å². The minimum absolute atomic E-state index is 0.655. The fraction of sp³-hybridized carbons (Fsp3) is 0.0667. The molecule has 0 aliphatic rings. The number of aromatic nitrogens is 2. The third-order valence-corrected chi connectivity index (χ3v) is 3.01. The number of rotatable bonds is 2. The highest BCUT2D eigenvalue weighted by atomic mass is 16.1. The SMILES string of the molecule is Cc1cccc(-c2n[nH]c3cc(C=O)ccc23)c1. The Morgan fingerprint density at radius 1 is 1.17 bits per heavy atom. The van der Waals surface area contributed by atoms with Gasteiger partial charge in [-0.2, -0.15) is 5.10 Å². The molecule has 0 amide bonds. The van der Waals surface area contributed by atoms with Gasteiger partial charge in [0.2, 0.25) is 0 Å². The molecule has 1 heterocycles. The Balaban J connectivity index is 2.21. The Bertz CT molecular complexity index is 728. The highest BCUT2D eigenvalue weighted by molar-refractivity contribution is 5.95. The van der Waals surface area contributed by atoms with Gasteiger partial charge in [0.25, 0.3) is 0 Å². The van der Waals surface area contributed by atoms with Crippen molar-refractivity contribution < 1.29 is 4.79 Å². The van der Waals surface area contributed by atoms with Crippen molar-refractivity contribution in [2.75, 3.05) is 0 Å². The number of carbonyl (C=O) groups is 1. The number of fused-ring (bicyclic) bond motifs is 1. The van der Waals surface area contributed by atoms with E-state index in [0.717, 1.165) is 28.4 Å². The first kappa shape index (κ1) is 10.7. The normalized spacial score (nSPS) is 10.7. The van der Waals surface area contributed by atoms with Crippen LogP contribution < -0.4 is 0 Å². The molecular weight excluding hydrogens is 224 g/mol. The molecule has 0 saturated heterocycles. The number of nitrogens with one attached hydrogen (secondary N) is 1. The second kappa shape index (κ2) is 4.11. The number of carbonyl (C=O) groups excluding carboxylic acids is 1. The molecule has 0 spiro atoms. The van der Waals surface area contributed by atoms with Crippen LogP contribution in [0.15, 0.2) is 42.5 Å². The van der Waals surface area contributed by atoms with E-state index < -0.39 is 0 Å². The number of aryl methyl sites for hydroxylation is 1. The number of benzene rings is 2. The molecule has 3 aromatic rings. The topological polar surface area (TPSA) is 45.8 Å². The van der Waals surface area contributed by atoms with Crippen LogP contribution in [0, 0.1) is 6.92 Å². The molecule has 18 heavy (non-hydrogen) atoms. The van der Waals surface area contributed by atoms with E-state index in [1.54, 1.807) is 0 Å². The first-order valence-corrected chi connectivity index (χ1v) is 5.78. The molecule has 3 rings (SSSR count). The third-order valence-electron chi connectivity index (χ3n) is 3.01. The van der Waals surface area contributed by atoms with Gasteiger partial charge < -0.3 is 0 Å². The minimum Gasteiger partial charge on any atom is -0.298 e. The summed E-state index contributed by atoms with van der Waals surface area (Å²) >= 11 is 0. The van der Waals surface area contributed by atoms with Crippen LogP contribution in [-0.2, 0) is 0 Å². The predicted molar refractivity (Wildman–Crippen MR) is 71.7 cm³/mol. The molecule has 2 aromatic carbocycles. The number of aldehydes is 1. The lowest BCUT2D eigenvalue weighted by Crippen LogP contribution is -1.81. The lowest BCUT2D eigenvalue weighted by Gasteiger charge is -1.99. The van der Waals surface area contributed by atoms with E-state index in [2.05, 4.69) is 29.3 Å². The smallest absolute Gasteiger partial charge is 0.150 e. The lowest BCUT2D eigenvalue weighted by atomic mass is 10.0. The molecule has 0 saturated carbocycles. The Morgan fingerprint density at radius 2 is 2.06 bits per heavy atom. The summed E-state index contributed by atoms with van der Waals surface area (Å²) in [5.74, 6) is 0. The van der Waals surface area contributed by atoms with Crippen LogP contribution in [0.3, 0.4) is 0 Å². The largest absolute Gasteiger partial charge is 0.298 e. The summed E-state index contributed by atoms with van der Waals surface area (Å²) < 4.78 is 0. The molecule has 0 fully saturated rings. The molecule has 0 unspecified atom stereocenters. The minimum atomic E-state index is 0.655. The summed E-state index contributed by atoms with van der Waals surface area (Å²) in [6.45, 7) is 2.06. The van der Waals surface area contributed by atoms with Gasteiger partial charge in [-0.05, 0) is 25.1 Å². The van der Waals surface area contributed by atoms with Crippen LogP contribution in [0.25, 0.3) is 22.2 Å². The standard InChI is InChI=1S/C15H12N2O/c1-10-3-2-4-12(7-10)15-13-6-5-11(9-18)8-14(13)16-17-15/h2-9H,1H3,(H,16,17). The third kappa shape index (κ3) is 1.70. The summed E-state index contributed by atoms with van der Waals surface area (Å²) in [4.78, 5) is 10.7. The molecule has 0 radical (unpaired) electrons. The Kier molecular flexibility index (Phi) is 2.45. The van der Waals surface area contributed by atoms with Gasteiger partial charge >= 0.3 is 0 Å². The maximum atomic E-state index is 10.7. The Labute approximate surface area is 104 Å². The summed E-state index contributed by atoms with van der Waals surface area (Å²) in [6, 6.07) is 13.8. The molecule has 0 aliphatic heterocycles. The second-order valence-corrected chi connectivity index (χ2v) is 4.36. The molecule has 0 bridgehead atoms. The van der Waals surface area contributed by atoms with Gasteiger partial charge in [0.05, 0.1) is 11.2 Å². The van der Waals surface area contributed by atoms with E-state index in [-0.39, 0.29) is 0 Å². The van der Waals surface area contributed by atoms with Crippen molar-refractivity contribution in [2.45, 2.75) is 6.92 Å². The van der Waals surface area contributed by atoms with Crippen LogP contribution in [0.4, 0.5) is 0 Å². The van der Waals surface area contributed by atoms with Crippen LogP contribution in [0.2, 0.25) is 0 Å². The number of hydrogen-bond donors (Lipinski definition) is 1. The molecular formula is C15H12N2O. The summed E-state index contributed by atoms with van der Waals surface area (Å²) in [6.07, 6.45) is 0.840. The van der Waals surface area contributed by atoms with E-state index in [1.807, 2.05) is 30.3 Å². The highest BCUT2D eigenvalue weighted by Crippen LogP contribution is 2.27. The zero-order valence-electron chi connectivity index (χ0n) is 9.97. The van der Waals surface area contributed by atoms with Crippen LogP contribution >= 0.6 is 0 Å². The highest BCUT2D eigenvalue weighted by Gasteiger charge is 2.08. The number of H-pyrrole nitrogens is 1. The fourth-order valence-corrected chi connectivity index (χ4v) is 2.12. The van der Waals surface area contributed by atoms with Gasteiger partial charge in [-0.25, -0.2) is 0 Å². The number of aromatic amines is 1. The average molecular weight is 236 g/mol. The summed E-state index contributed by atoms with van der Waals surface area (Å²) in [7, 11) is 0. The van der Waals surface area contributed by atoms with Gasteiger partial charge in [-0.15, -0.1) is 0 Å².